The normalized spacial score (nSPS) is 17.3. The van der Waals surface area contributed by atoms with Gasteiger partial charge in [-0.25, -0.2) is 4.39 Å². The van der Waals surface area contributed by atoms with Crippen LogP contribution in [-0.4, -0.2) is 17.1 Å². The van der Waals surface area contributed by atoms with E-state index in [1.807, 2.05) is 6.07 Å². The van der Waals surface area contributed by atoms with Crippen molar-refractivity contribution in [3.05, 3.63) is 34.1 Å². The number of rotatable bonds is 5. The molecule has 1 saturated carbocycles. The van der Waals surface area contributed by atoms with Crippen molar-refractivity contribution in [2.75, 3.05) is 6.61 Å². The second-order valence-electron chi connectivity index (χ2n) is 4.59. The van der Waals surface area contributed by atoms with Crippen molar-refractivity contribution in [3.63, 3.8) is 0 Å². The van der Waals surface area contributed by atoms with E-state index in [9.17, 15) is 14.5 Å². The number of halogens is 1. The predicted molar refractivity (Wildman–Crippen MR) is 63.8 cm³/mol. The first-order valence-electron chi connectivity index (χ1n) is 5.73. The van der Waals surface area contributed by atoms with E-state index in [1.54, 1.807) is 0 Å². The molecule has 0 radical (unpaired) electrons. The summed E-state index contributed by atoms with van der Waals surface area (Å²) in [5.74, 6) is -0.916. The van der Waals surface area contributed by atoms with E-state index in [-0.39, 0.29) is 24.0 Å². The molecule has 1 atom stereocenters. The van der Waals surface area contributed by atoms with Crippen LogP contribution in [0.1, 0.15) is 12.8 Å². The molecule has 2 rings (SSSR count). The average molecular weight is 265 g/mol. The fraction of sp³-hybridized carbons (Fsp3) is 0.417. The molecule has 7 heteroatoms. The van der Waals surface area contributed by atoms with Crippen molar-refractivity contribution in [1.29, 1.82) is 5.26 Å². The van der Waals surface area contributed by atoms with Gasteiger partial charge in [-0.3, -0.25) is 10.1 Å². The summed E-state index contributed by atoms with van der Waals surface area (Å²) in [5.41, 5.74) is 4.38. The maximum absolute atomic E-state index is 13.6. The first-order chi connectivity index (χ1) is 8.96. The molecule has 0 aliphatic heterocycles. The lowest BCUT2D eigenvalue weighted by Crippen LogP contribution is -2.46. The van der Waals surface area contributed by atoms with E-state index >= 15 is 0 Å². The van der Waals surface area contributed by atoms with Gasteiger partial charge in [0.1, 0.15) is 12.1 Å². The minimum Gasteiger partial charge on any atom is -0.487 e. The third kappa shape index (κ3) is 2.80. The Balaban J connectivity index is 2.08. The number of non-ortho nitro benzene ring substituents is 1. The molecule has 0 spiro atoms. The van der Waals surface area contributed by atoms with Crippen LogP contribution in [-0.2, 0) is 0 Å². The highest BCUT2D eigenvalue weighted by molar-refractivity contribution is 5.37. The summed E-state index contributed by atoms with van der Waals surface area (Å²) >= 11 is 0. The molecule has 1 aromatic carbocycles. The monoisotopic (exact) mass is 265 g/mol. The van der Waals surface area contributed by atoms with Crippen LogP contribution in [0.3, 0.4) is 0 Å². The Morgan fingerprint density at radius 3 is 2.79 bits per heavy atom. The molecule has 0 bridgehead atoms. The van der Waals surface area contributed by atoms with Crippen molar-refractivity contribution < 1.29 is 14.1 Å². The van der Waals surface area contributed by atoms with Crippen molar-refractivity contribution in [3.8, 4) is 11.8 Å². The summed E-state index contributed by atoms with van der Waals surface area (Å²) < 4.78 is 18.7. The number of ether oxygens (including phenoxy) is 1. The molecule has 6 nitrogen and oxygen atoms in total. The van der Waals surface area contributed by atoms with Crippen LogP contribution in [0.15, 0.2) is 18.2 Å². The van der Waals surface area contributed by atoms with Gasteiger partial charge in [0.25, 0.3) is 5.69 Å². The number of benzene rings is 1. The van der Waals surface area contributed by atoms with Gasteiger partial charge in [0.05, 0.1) is 17.1 Å². The second-order valence-corrected chi connectivity index (χ2v) is 4.59. The lowest BCUT2D eigenvalue weighted by Gasteiger charge is -2.21. The molecular formula is C12H12FN3O3. The number of nitriles is 1. The van der Waals surface area contributed by atoms with Crippen LogP contribution >= 0.6 is 0 Å². The minimum atomic E-state index is -1.13. The van der Waals surface area contributed by atoms with E-state index in [0.29, 0.717) is 0 Å². The highest BCUT2D eigenvalue weighted by Crippen LogP contribution is 2.38. The van der Waals surface area contributed by atoms with Crippen molar-refractivity contribution in [2.24, 2.45) is 11.7 Å². The van der Waals surface area contributed by atoms with Crippen molar-refractivity contribution in [2.45, 2.75) is 18.4 Å². The summed E-state index contributed by atoms with van der Waals surface area (Å²) in [6, 6.07) is 5.06. The van der Waals surface area contributed by atoms with Crippen molar-refractivity contribution >= 4 is 5.69 Å². The quantitative estimate of drug-likeness (QED) is 0.645. The predicted octanol–water partition coefficient (Wildman–Crippen LogP) is 1.74. The molecular weight excluding hydrogens is 253 g/mol. The Labute approximate surface area is 108 Å². The zero-order valence-corrected chi connectivity index (χ0v) is 10.0. The minimum absolute atomic E-state index is 0.0682. The molecule has 0 saturated heterocycles. The Kier molecular flexibility index (Phi) is 3.36. The zero-order chi connectivity index (χ0) is 14.0. The largest absolute Gasteiger partial charge is 0.487 e. The first kappa shape index (κ1) is 13.2. The van der Waals surface area contributed by atoms with Crippen LogP contribution in [0.2, 0.25) is 0 Å². The molecule has 1 unspecified atom stereocenters. The maximum atomic E-state index is 13.6. The zero-order valence-electron chi connectivity index (χ0n) is 10.0. The molecule has 19 heavy (non-hydrogen) atoms. The lowest BCUT2D eigenvalue weighted by atomic mass is 9.98. The van der Waals surface area contributed by atoms with Gasteiger partial charge < -0.3 is 10.5 Å². The Bertz CT molecular complexity index is 554. The highest BCUT2D eigenvalue weighted by Gasteiger charge is 2.43. The third-order valence-electron chi connectivity index (χ3n) is 3.11. The number of nitro benzene ring substituents is 1. The van der Waals surface area contributed by atoms with Gasteiger partial charge in [-0.1, -0.05) is 0 Å². The molecule has 1 aliphatic rings. The average Bonchev–Trinajstić information content (AvgIpc) is 3.21. The summed E-state index contributed by atoms with van der Waals surface area (Å²) in [6.45, 7) is -0.136. The summed E-state index contributed by atoms with van der Waals surface area (Å²) in [5, 5.41) is 19.5. The van der Waals surface area contributed by atoms with E-state index in [4.69, 9.17) is 15.7 Å². The third-order valence-corrected chi connectivity index (χ3v) is 3.11. The first-order valence-corrected chi connectivity index (χ1v) is 5.73. The standard InChI is InChI=1S/C12H12FN3O3/c13-10-5-9(16(17)18)3-4-11(10)19-7-12(15,6-14)8-1-2-8/h3-5,8H,1-2,7,15H2. The van der Waals surface area contributed by atoms with Gasteiger partial charge in [-0.05, 0) is 24.8 Å². The number of hydrogen-bond acceptors (Lipinski definition) is 5. The van der Waals surface area contributed by atoms with E-state index < -0.39 is 16.3 Å². The van der Waals surface area contributed by atoms with Gasteiger partial charge in [0.2, 0.25) is 0 Å². The summed E-state index contributed by atoms with van der Waals surface area (Å²) in [6.07, 6.45) is 1.71. The van der Waals surface area contributed by atoms with Crippen molar-refractivity contribution in [1.82, 2.24) is 0 Å². The Hall–Kier alpha value is -2.20. The van der Waals surface area contributed by atoms with Gasteiger partial charge in [0.15, 0.2) is 11.6 Å². The van der Waals surface area contributed by atoms with E-state index in [1.165, 1.54) is 0 Å². The fourth-order valence-corrected chi connectivity index (χ4v) is 1.76. The molecule has 0 amide bonds. The Morgan fingerprint density at radius 1 is 1.63 bits per heavy atom. The molecule has 2 N–H and O–H groups in total. The molecule has 0 aromatic heterocycles. The Morgan fingerprint density at radius 2 is 2.32 bits per heavy atom. The topological polar surface area (TPSA) is 102 Å². The van der Waals surface area contributed by atoms with Crippen LogP contribution < -0.4 is 10.5 Å². The summed E-state index contributed by atoms with van der Waals surface area (Å²) in [7, 11) is 0. The van der Waals surface area contributed by atoms with E-state index in [2.05, 4.69) is 0 Å². The molecule has 100 valence electrons. The second kappa shape index (κ2) is 4.82. The van der Waals surface area contributed by atoms with Gasteiger partial charge in [-0.15, -0.1) is 0 Å². The molecule has 1 fully saturated rings. The lowest BCUT2D eigenvalue weighted by molar-refractivity contribution is -0.385. The summed E-state index contributed by atoms with van der Waals surface area (Å²) in [4.78, 5) is 9.77. The van der Waals surface area contributed by atoms with Gasteiger partial charge in [-0.2, -0.15) is 5.26 Å². The van der Waals surface area contributed by atoms with Gasteiger partial charge in [0, 0.05) is 6.07 Å². The van der Waals surface area contributed by atoms with Crippen LogP contribution in [0.25, 0.3) is 0 Å². The number of nitrogens with zero attached hydrogens (tertiary/aromatic N) is 2. The highest BCUT2D eigenvalue weighted by atomic mass is 19.1. The van der Waals surface area contributed by atoms with Crippen LogP contribution in [0.4, 0.5) is 10.1 Å². The fourth-order valence-electron chi connectivity index (χ4n) is 1.76. The molecule has 1 aromatic rings. The van der Waals surface area contributed by atoms with Gasteiger partial charge >= 0.3 is 0 Å². The smallest absolute Gasteiger partial charge is 0.272 e. The number of hydrogen-bond donors (Lipinski definition) is 1. The van der Waals surface area contributed by atoms with E-state index in [0.717, 1.165) is 31.0 Å². The maximum Gasteiger partial charge on any atom is 0.272 e. The SMILES string of the molecule is N#CC(N)(COc1ccc([N+](=O)[O-])cc1F)C1CC1. The molecule has 1 aliphatic carbocycles. The van der Waals surface area contributed by atoms with Crippen LogP contribution in [0, 0.1) is 33.2 Å². The van der Waals surface area contributed by atoms with Crippen LogP contribution in [0.5, 0.6) is 5.75 Å². The molecule has 0 heterocycles. The number of nitrogens with two attached hydrogens (primary N) is 1. The number of nitro groups is 1.